The van der Waals surface area contributed by atoms with Gasteiger partial charge in [-0.2, -0.15) is 4.31 Å². The zero-order chi connectivity index (χ0) is 31.1. The zero-order valence-corrected chi connectivity index (χ0v) is 27.0. The lowest BCUT2D eigenvalue weighted by atomic mass is 10.1. The molecule has 0 radical (unpaired) electrons. The number of carbonyl (C=O) groups excluding carboxylic acids is 3. The number of likely N-dealkylation sites (N-methyl/N-ethyl adjacent to an activating group) is 1. The van der Waals surface area contributed by atoms with E-state index in [1.807, 2.05) is 26.8 Å². The van der Waals surface area contributed by atoms with E-state index in [1.54, 1.807) is 54.8 Å². The molecule has 2 rings (SSSR count). The summed E-state index contributed by atoms with van der Waals surface area (Å²) in [5.41, 5.74) is 0.855. The second kappa shape index (κ2) is 14.5. The fourth-order valence-electron chi connectivity index (χ4n) is 4.31. The molecule has 1 N–H and O–H groups in total. The van der Waals surface area contributed by atoms with Gasteiger partial charge in [0, 0.05) is 63.1 Å². The third-order valence-corrected chi connectivity index (χ3v) is 8.11. The molecule has 0 aromatic heterocycles. The summed E-state index contributed by atoms with van der Waals surface area (Å²) in [6.07, 6.45) is 0.718. The first-order valence-electron chi connectivity index (χ1n) is 13.6. The molecule has 14 heteroatoms. The van der Waals surface area contributed by atoms with Crippen molar-refractivity contribution in [2.24, 2.45) is 0 Å². The first-order valence-corrected chi connectivity index (χ1v) is 15.9. The molecular weight excluding hydrogens is 572 g/mol. The summed E-state index contributed by atoms with van der Waals surface area (Å²) in [6.45, 7) is 12.6. The molecule has 0 unspecified atom stereocenters. The predicted molar refractivity (Wildman–Crippen MR) is 160 cm³/mol. The highest BCUT2D eigenvalue weighted by Gasteiger charge is 2.29. The number of nitrogens with one attached hydrogen (secondary N) is 1. The normalized spacial score (nSPS) is 15.0. The van der Waals surface area contributed by atoms with Crippen LogP contribution in [0, 0.1) is 6.92 Å². The molecule has 0 spiro atoms. The molecule has 1 heterocycles. The first-order chi connectivity index (χ1) is 18.9. The largest absolute Gasteiger partial charge is 0.444 e. The summed E-state index contributed by atoms with van der Waals surface area (Å²) >= 11 is 6.26. The number of nitrogens with zero attached hydrogens (tertiary/aromatic N) is 5. The van der Waals surface area contributed by atoms with E-state index in [-0.39, 0.29) is 57.1 Å². The van der Waals surface area contributed by atoms with Crippen molar-refractivity contribution >= 4 is 45.2 Å². The van der Waals surface area contributed by atoms with Crippen LogP contribution < -0.4 is 10.2 Å². The number of ether oxygens (including phenoxy) is 1. The maximum absolute atomic E-state index is 13.3. The summed E-state index contributed by atoms with van der Waals surface area (Å²) in [5.74, 6) is -0.588. The first kappa shape index (κ1) is 34.6. The van der Waals surface area contributed by atoms with Gasteiger partial charge in [0.2, 0.25) is 15.9 Å². The Hall–Kier alpha value is -2.61. The van der Waals surface area contributed by atoms with Gasteiger partial charge in [0.05, 0.1) is 19.3 Å². The number of rotatable bonds is 11. The summed E-state index contributed by atoms with van der Waals surface area (Å²) in [7, 11) is -1.66. The number of sulfonamides is 1. The highest BCUT2D eigenvalue weighted by atomic mass is 35.5. The molecule has 1 aliphatic heterocycles. The number of carbonyl (C=O) groups is 3. The van der Waals surface area contributed by atoms with Gasteiger partial charge in [-0.25, -0.2) is 18.2 Å². The van der Waals surface area contributed by atoms with Crippen LogP contribution in [0.4, 0.5) is 10.5 Å². The third kappa shape index (κ3) is 11.0. The Kier molecular flexibility index (Phi) is 12.3. The molecule has 1 fully saturated rings. The minimum absolute atomic E-state index is 0.104. The number of hydrogen-bond acceptors (Lipinski definition) is 8. The molecule has 0 atom stereocenters. The van der Waals surface area contributed by atoms with Crippen LogP contribution in [0.5, 0.6) is 0 Å². The molecule has 1 aromatic carbocycles. The average molecular weight is 617 g/mol. The van der Waals surface area contributed by atoms with Gasteiger partial charge in [0.15, 0.2) is 0 Å². The SMILES string of the molecule is Cc1ccc(Cl)cc1N(CC(=O)NCCN(C(=O)OC(C)(C)C)C(C)C)CC(=O)N(C)N1CCN(S(C)(=O)=O)CC1. The van der Waals surface area contributed by atoms with Crippen LogP contribution in [0.15, 0.2) is 18.2 Å². The van der Waals surface area contributed by atoms with E-state index < -0.39 is 21.7 Å². The van der Waals surface area contributed by atoms with E-state index in [1.165, 1.54) is 15.6 Å². The van der Waals surface area contributed by atoms with Gasteiger partial charge in [-0.3, -0.25) is 14.6 Å². The van der Waals surface area contributed by atoms with E-state index in [9.17, 15) is 22.8 Å². The van der Waals surface area contributed by atoms with Crippen LogP contribution in [-0.4, -0.2) is 123 Å². The van der Waals surface area contributed by atoms with Gasteiger partial charge in [-0.1, -0.05) is 17.7 Å². The van der Waals surface area contributed by atoms with Gasteiger partial charge in [0.25, 0.3) is 5.91 Å². The molecule has 232 valence electrons. The summed E-state index contributed by atoms with van der Waals surface area (Å²) in [6, 6.07) is 5.15. The van der Waals surface area contributed by atoms with Crippen molar-refractivity contribution in [1.29, 1.82) is 0 Å². The highest BCUT2D eigenvalue weighted by Crippen LogP contribution is 2.24. The lowest BCUT2D eigenvalue weighted by molar-refractivity contribution is -0.146. The topological polar surface area (TPSA) is 123 Å². The molecule has 0 saturated carbocycles. The Bertz CT molecular complexity index is 1180. The number of hydrazine groups is 1. The molecule has 0 aliphatic carbocycles. The minimum Gasteiger partial charge on any atom is -0.444 e. The van der Waals surface area contributed by atoms with Crippen LogP contribution in [0.2, 0.25) is 5.02 Å². The van der Waals surface area contributed by atoms with Gasteiger partial charge in [-0.05, 0) is 59.2 Å². The fraction of sp³-hybridized carbons (Fsp3) is 0.667. The van der Waals surface area contributed by atoms with Gasteiger partial charge < -0.3 is 19.9 Å². The van der Waals surface area contributed by atoms with E-state index >= 15 is 0 Å². The average Bonchev–Trinajstić information content (AvgIpc) is 2.85. The molecule has 1 aliphatic rings. The summed E-state index contributed by atoms with van der Waals surface area (Å²) in [4.78, 5) is 42.2. The van der Waals surface area contributed by atoms with E-state index in [0.29, 0.717) is 23.8 Å². The predicted octanol–water partition coefficient (Wildman–Crippen LogP) is 2.17. The van der Waals surface area contributed by atoms with Gasteiger partial charge >= 0.3 is 6.09 Å². The highest BCUT2D eigenvalue weighted by molar-refractivity contribution is 7.88. The molecule has 1 saturated heterocycles. The zero-order valence-electron chi connectivity index (χ0n) is 25.4. The lowest BCUT2D eigenvalue weighted by Crippen LogP contribution is -2.56. The lowest BCUT2D eigenvalue weighted by Gasteiger charge is -2.39. The number of amides is 3. The van der Waals surface area contributed by atoms with Crippen molar-refractivity contribution in [3.63, 3.8) is 0 Å². The quantitative estimate of drug-likeness (QED) is 0.401. The summed E-state index contributed by atoms with van der Waals surface area (Å²) < 4.78 is 30.5. The molecule has 41 heavy (non-hydrogen) atoms. The Morgan fingerprint density at radius 3 is 2.24 bits per heavy atom. The van der Waals surface area contributed by atoms with E-state index in [4.69, 9.17) is 16.3 Å². The summed E-state index contributed by atoms with van der Waals surface area (Å²) in [5, 5.41) is 6.59. The third-order valence-electron chi connectivity index (χ3n) is 6.57. The van der Waals surface area contributed by atoms with Crippen LogP contribution in [0.1, 0.15) is 40.2 Å². The molecule has 12 nitrogen and oxygen atoms in total. The van der Waals surface area contributed by atoms with Crippen molar-refractivity contribution in [3.8, 4) is 0 Å². The van der Waals surface area contributed by atoms with Crippen LogP contribution in [0.25, 0.3) is 0 Å². The van der Waals surface area contributed by atoms with Crippen molar-refractivity contribution in [1.82, 2.24) is 24.5 Å². The maximum atomic E-state index is 13.3. The molecular formula is C27H45ClN6O6S. The smallest absolute Gasteiger partial charge is 0.410 e. The van der Waals surface area contributed by atoms with Gasteiger partial charge in [0.1, 0.15) is 5.60 Å². The van der Waals surface area contributed by atoms with Crippen molar-refractivity contribution < 1.29 is 27.5 Å². The Labute approximate surface area is 249 Å². The Balaban J connectivity index is 2.08. The molecule has 3 amide bonds. The van der Waals surface area contributed by atoms with Gasteiger partial charge in [-0.15, -0.1) is 0 Å². The number of halogens is 1. The Morgan fingerprint density at radius 1 is 1.10 bits per heavy atom. The second-order valence-electron chi connectivity index (χ2n) is 11.4. The number of anilines is 1. The standard InChI is InChI=1S/C27H45ClN6O6S/c1-20(2)34(26(37)40-27(4,5)6)12-11-29-24(35)18-31(23-17-22(28)10-9-21(23)3)19-25(36)30(7)32-13-15-33(16-14-32)41(8,38)39/h9-10,17,20H,11-16,18-19H2,1-8H3,(H,29,35). The number of benzene rings is 1. The molecule has 1 aromatic rings. The van der Waals surface area contributed by atoms with Crippen molar-refractivity contribution in [2.45, 2.75) is 53.2 Å². The maximum Gasteiger partial charge on any atom is 0.410 e. The van der Waals surface area contributed by atoms with E-state index in [2.05, 4.69) is 5.32 Å². The number of hydrogen-bond donors (Lipinski definition) is 1. The molecule has 0 bridgehead atoms. The second-order valence-corrected chi connectivity index (χ2v) is 13.9. The number of aryl methyl sites for hydroxylation is 1. The van der Waals surface area contributed by atoms with Crippen molar-refractivity contribution in [3.05, 3.63) is 28.8 Å². The Morgan fingerprint density at radius 2 is 1.71 bits per heavy atom. The van der Waals surface area contributed by atoms with Crippen molar-refractivity contribution in [2.75, 3.05) is 70.6 Å². The van der Waals surface area contributed by atoms with Crippen LogP contribution in [0.3, 0.4) is 0 Å². The fourth-order valence-corrected chi connectivity index (χ4v) is 5.30. The number of piperazine rings is 1. The minimum atomic E-state index is -3.29. The van der Waals surface area contributed by atoms with Crippen LogP contribution in [-0.2, 0) is 24.3 Å². The van der Waals surface area contributed by atoms with E-state index in [0.717, 1.165) is 5.56 Å². The monoisotopic (exact) mass is 616 g/mol. The van der Waals surface area contributed by atoms with Crippen LogP contribution >= 0.6 is 11.6 Å².